The standard InChI is InChI=1S/C24H26N2O6S/c1-3-32-22(27)15-19-11-14-21(26(28)29)23(18-7-5-4-6-8-18)24(19,16-25)33(30,31)20-12-9-17(2)10-13-20/h4-10,12-13,19,21,23H,3,11,14-15H2,1-2H3/t19-,21-,23+,24+/m0/s1. The van der Waals surface area contributed by atoms with Crippen LogP contribution in [0.1, 0.15) is 43.2 Å². The highest BCUT2D eigenvalue weighted by Gasteiger charge is 2.65. The lowest BCUT2D eigenvalue weighted by atomic mass is 9.65. The highest BCUT2D eigenvalue weighted by Crippen LogP contribution is 2.53. The van der Waals surface area contributed by atoms with Crippen LogP contribution in [0.4, 0.5) is 0 Å². The first kappa shape index (κ1) is 24.4. The number of sulfone groups is 1. The van der Waals surface area contributed by atoms with Gasteiger partial charge in [0.2, 0.25) is 6.04 Å². The average Bonchev–Trinajstić information content (AvgIpc) is 2.79. The maximum Gasteiger partial charge on any atom is 0.306 e. The third kappa shape index (κ3) is 4.35. The summed E-state index contributed by atoms with van der Waals surface area (Å²) in [6, 6.07) is 15.0. The molecule has 174 valence electrons. The number of esters is 1. The van der Waals surface area contributed by atoms with Gasteiger partial charge in [0.05, 0.1) is 29.9 Å². The highest BCUT2D eigenvalue weighted by molar-refractivity contribution is 7.93. The van der Waals surface area contributed by atoms with Gasteiger partial charge in [0.25, 0.3) is 0 Å². The predicted molar refractivity (Wildman–Crippen MR) is 121 cm³/mol. The van der Waals surface area contributed by atoms with Crippen molar-refractivity contribution in [2.24, 2.45) is 5.92 Å². The van der Waals surface area contributed by atoms with Gasteiger partial charge in [-0.1, -0.05) is 48.0 Å². The van der Waals surface area contributed by atoms with Crippen LogP contribution in [-0.4, -0.2) is 36.7 Å². The topological polar surface area (TPSA) is 127 Å². The molecule has 8 nitrogen and oxygen atoms in total. The summed E-state index contributed by atoms with van der Waals surface area (Å²) in [7, 11) is -4.44. The normalized spacial score (nSPS) is 25.1. The van der Waals surface area contributed by atoms with Crippen LogP contribution in [0.2, 0.25) is 0 Å². The molecule has 1 saturated carbocycles. The fourth-order valence-corrected chi connectivity index (χ4v) is 7.12. The lowest BCUT2D eigenvalue weighted by Crippen LogP contribution is -2.58. The van der Waals surface area contributed by atoms with E-state index in [1.165, 1.54) is 12.1 Å². The third-order valence-electron chi connectivity index (χ3n) is 6.36. The monoisotopic (exact) mass is 470 g/mol. The van der Waals surface area contributed by atoms with Crippen molar-refractivity contribution in [1.82, 2.24) is 0 Å². The fraction of sp³-hybridized carbons (Fsp3) is 0.417. The summed E-state index contributed by atoms with van der Waals surface area (Å²) in [6.07, 6.45) is -0.240. The number of carbonyl (C=O) groups excluding carboxylic acids is 1. The molecule has 33 heavy (non-hydrogen) atoms. The van der Waals surface area contributed by atoms with Crippen molar-refractivity contribution < 1.29 is 22.9 Å². The lowest BCUT2D eigenvalue weighted by Gasteiger charge is -2.44. The number of aryl methyl sites for hydroxylation is 1. The summed E-state index contributed by atoms with van der Waals surface area (Å²) in [5.41, 5.74) is 1.21. The van der Waals surface area contributed by atoms with Crippen molar-refractivity contribution in [3.05, 3.63) is 75.8 Å². The molecule has 0 spiro atoms. The molecule has 0 amide bonds. The molecule has 0 saturated heterocycles. The van der Waals surface area contributed by atoms with Gasteiger partial charge >= 0.3 is 5.97 Å². The first-order chi connectivity index (χ1) is 15.7. The molecule has 0 unspecified atom stereocenters. The second-order valence-electron chi connectivity index (χ2n) is 8.25. The Kier molecular flexibility index (Phi) is 7.18. The predicted octanol–water partition coefficient (Wildman–Crippen LogP) is 3.82. The quantitative estimate of drug-likeness (QED) is 0.342. The zero-order valence-corrected chi connectivity index (χ0v) is 19.3. The summed E-state index contributed by atoms with van der Waals surface area (Å²) in [5, 5.41) is 22.6. The van der Waals surface area contributed by atoms with E-state index in [9.17, 15) is 28.6 Å². The number of nitro groups is 1. The highest BCUT2D eigenvalue weighted by atomic mass is 32.2. The molecule has 1 fully saturated rings. The molecule has 2 aromatic rings. The van der Waals surface area contributed by atoms with E-state index in [4.69, 9.17) is 4.74 Å². The SMILES string of the molecule is CCOC(=O)C[C@@H]1CC[C@H]([N+](=O)[O-])[C@@H](c2ccccc2)[C@]1(C#N)S(=O)(=O)c1ccc(C)cc1. The minimum atomic E-state index is -4.44. The Balaban J connectivity index is 2.31. The molecule has 4 atom stereocenters. The van der Waals surface area contributed by atoms with E-state index in [-0.39, 0.29) is 30.8 Å². The molecule has 0 N–H and O–H groups in total. The number of carbonyl (C=O) groups is 1. The van der Waals surface area contributed by atoms with Crippen LogP contribution in [0, 0.1) is 34.3 Å². The van der Waals surface area contributed by atoms with E-state index < -0.39 is 43.4 Å². The van der Waals surface area contributed by atoms with Gasteiger partial charge in [0, 0.05) is 17.3 Å². The average molecular weight is 471 g/mol. The molecule has 9 heteroatoms. The van der Waals surface area contributed by atoms with Gasteiger partial charge in [-0.3, -0.25) is 14.9 Å². The van der Waals surface area contributed by atoms with E-state index >= 15 is 0 Å². The van der Waals surface area contributed by atoms with Crippen LogP contribution < -0.4 is 0 Å². The van der Waals surface area contributed by atoms with Crippen LogP contribution in [0.3, 0.4) is 0 Å². The Hall–Kier alpha value is -3.25. The molecule has 3 rings (SSSR count). The second-order valence-corrected chi connectivity index (χ2v) is 10.4. The number of nitriles is 1. The maximum atomic E-state index is 14.2. The van der Waals surface area contributed by atoms with E-state index in [0.717, 1.165) is 5.56 Å². The van der Waals surface area contributed by atoms with Crippen LogP contribution in [0.5, 0.6) is 0 Å². The first-order valence-electron chi connectivity index (χ1n) is 10.8. The number of nitrogens with zero attached hydrogens (tertiary/aromatic N) is 2. The van der Waals surface area contributed by atoms with Gasteiger partial charge < -0.3 is 4.74 Å². The van der Waals surface area contributed by atoms with Crippen LogP contribution in [0.15, 0.2) is 59.5 Å². The Bertz CT molecular complexity index is 1160. The largest absolute Gasteiger partial charge is 0.466 e. The molecule has 1 aliphatic rings. The molecule has 0 aliphatic heterocycles. The smallest absolute Gasteiger partial charge is 0.306 e. The summed E-state index contributed by atoms with van der Waals surface area (Å²) < 4.78 is 31.1. The number of hydrogen-bond acceptors (Lipinski definition) is 7. The second kappa shape index (κ2) is 9.71. The Morgan fingerprint density at radius 2 is 1.82 bits per heavy atom. The molecule has 1 aliphatic carbocycles. The Labute approximate surface area is 193 Å². The fourth-order valence-electron chi connectivity index (χ4n) is 4.84. The van der Waals surface area contributed by atoms with Crippen molar-refractivity contribution in [3.63, 3.8) is 0 Å². The van der Waals surface area contributed by atoms with Crippen molar-refractivity contribution in [2.45, 2.75) is 54.7 Å². The zero-order chi connectivity index (χ0) is 24.2. The van der Waals surface area contributed by atoms with Gasteiger partial charge in [-0.2, -0.15) is 5.26 Å². The van der Waals surface area contributed by atoms with E-state index in [0.29, 0.717) is 5.56 Å². The van der Waals surface area contributed by atoms with Crippen molar-refractivity contribution in [1.29, 1.82) is 5.26 Å². The maximum absolute atomic E-state index is 14.2. The Morgan fingerprint density at radius 1 is 1.18 bits per heavy atom. The number of hydrogen-bond donors (Lipinski definition) is 0. The van der Waals surface area contributed by atoms with Crippen LogP contribution in [-0.2, 0) is 19.4 Å². The van der Waals surface area contributed by atoms with Crippen LogP contribution in [0.25, 0.3) is 0 Å². The van der Waals surface area contributed by atoms with Gasteiger partial charge in [-0.25, -0.2) is 8.42 Å². The summed E-state index contributed by atoms with van der Waals surface area (Å²) >= 11 is 0. The molecule has 0 aromatic heterocycles. The summed E-state index contributed by atoms with van der Waals surface area (Å²) in [6.45, 7) is 3.54. The number of rotatable bonds is 7. The number of benzene rings is 2. The van der Waals surface area contributed by atoms with Gasteiger partial charge in [-0.15, -0.1) is 0 Å². The minimum absolute atomic E-state index is 0.0342. The minimum Gasteiger partial charge on any atom is -0.466 e. The molecule has 2 aromatic carbocycles. The van der Waals surface area contributed by atoms with Crippen molar-refractivity contribution in [2.75, 3.05) is 6.61 Å². The summed E-state index contributed by atoms with van der Waals surface area (Å²) in [5.74, 6) is -2.87. The third-order valence-corrected chi connectivity index (χ3v) is 8.82. The van der Waals surface area contributed by atoms with Crippen molar-refractivity contribution in [3.8, 4) is 6.07 Å². The molecular formula is C24H26N2O6S. The molecule has 0 radical (unpaired) electrons. The molecular weight excluding hydrogens is 444 g/mol. The van der Waals surface area contributed by atoms with Crippen molar-refractivity contribution >= 4 is 15.8 Å². The molecule has 0 bridgehead atoms. The molecule has 0 heterocycles. The zero-order valence-electron chi connectivity index (χ0n) is 18.5. The van der Waals surface area contributed by atoms with E-state index in [2.05, 4.69) is 0 Å². The van der Waals surface area contributed by atoms with E-state index in [1.54, 1.807) is 56.3 Å². The van der Waals surface area contributed by atoms with E-state index in [1.807, 2.05) is 6.07 Å². The Morgan fingerprint density at radius 3 is 2.36 bits per heavy atom. The van der Waals surface area contributed by atoms with Gasteiger partial charge in [0.15, 0.2) is 14.6 Å². The lowest BCUT2D eigenvalue weighted by molar-refractivity contribution is -0.531. The van der Waals surface area contributed by atoms with Crippen LogP contribution >= 0.6 is 0 Å². The summed E-state index contributed by atoms with van der Waals surface area (Å²) in [4.78, 5) is 23.9. The van der Waals surface area contributed by atoms with Gasteiger partial charge in [-0.05, 0) is 38.0 Å². The first-order valence-corrected chi connectivity index (χ1v) is 12.2. The number of ether oxygens (including phenoxy) is 1. The van der Waals surface area contributed by atoms with Gasteiger partial charge in [0.1, 0.15) is 0 Å².